The number of esters is 3. The first-order valence-electron chi connectivity index (χ1n) is 26.3. The molecule has 8 heteroatoms. The zero-order chi connectivity index (χ0) is 47.3. The van der Waals surface area contributed by atoms with Crippen molar-refractivity contribution in [2.45, 2.75) is 226 Å². The molecule has 1 atom stereocenters. The topological polar surface area (TPSA) is 108 Å². The molecule has 0 aromatic heterocycles. The molecule has 1 N–H and O–H groups in total. The highest BCUT2D eigenvalue weighted by Gasteiger charge is 2.17. The zero-order valence-corrected chi connectivity index (χ0v) is 41.3. The van der Waals surface area contributed by atoms with Gasteiger partial charge >= 0.3 is 17.9 Å². The summed E-state index contributed by atoms with van der Waals surface area (Å²) in [5, 5.41) is 11.6. The molecule has 0 aliphatic heterocycles. The predicted molar refractivity (Wildman–Crippen MR) is 270 cm³/mol. The lowest BCUT2D eigenvalue weighted by Gasteiger charge is -2.16. The minimum atomic E-state index is -1.12. The van der Waals surface area contributed by atoms with E-state index in [4.69, 9.17) is 18.9 Å². The highest BCUT2D eigenvalue weighted by molar-refractivity contribution is 5.76. The number of ether oxygens (including phenoxy) is 4. The summed E-state index contributed by atoms with van der Waals surface area (Å²) in [5.41, 5.74) is 1.97. The van der Waals surface area contributed by atoms with Gasteiger partial charge in [-0.15, -0.1) is 0 Å². The van der Waals surface area contributed by atoms with Gasteiger partial charge in [0.2, 0.25) is 0 Å². The zero-order valence-electron chi connectivity index (χ0n) is 41.3. The number of carbonyl (C=O) groups is 3. The van der Waals surface area contributed by atoms with E-state index in [9.17, 15) is 19.5 Å². The van der Waals surface area contributed by atoms with Crippen LogP contribution in [-0.2, 0) is 21.0 Å². The lowest BCUT2D eigenvalue weighted by molar-refractivity contribution is -0.135. The highest BCUT2D eigenvalue weighted by atomic mass is 16.5. The summed E-state index contributed by atoms with van der Waals surface area (Å²) in [6.07, 6.45) is 34.3. The molecule has 0 heterocycles. The van der Waals surface area contributed by atoms with Crippen LogP contribution in [0.4, 0.5) is 0 Å². The van der Waals surface area contributed by atoms with E-state index < -0.39 is 6.10 Å². The maximum atomic E-state index is 13.2. The summed E-state index contributed by atoms with van der Waals surface area (Å²) in [6, 6.07) is 19.8. The Morgan fingerprint density at radius 2 is 0.864 bits per heavy atom. The van der Waals surface area contributed by atoms with Gasteiger partial charge in [0.1, 0.15) is 35.7 Å². The highest BCUT2D eigenvalue weighted by Crippen LogP contribution is 2.34. The van der Waals surface area contributed by atoms with Crippen LogP contribution in [0.1, 0.15) is 236 Å². The summed E-state index contributed by atoms with van der Waals surface area (Å²) >= 11 is 0. The van der Waals surface area contributed by atoms with Crippen LogP contribution in [0.25, 0.3) is 6.08 Å². The van der Waals surface area contributed by atoms with Gasteiger partial charge in [-0.3, -0.25) is 14.4 Å². The number of unbranched alkanes of at least 4 members (excludes halogenated alkanes) is 24. The van der Waals surface area contributed by atoms with Gasteiger partial charge in [0.15, 0.2) is 0 Å². The summed E-state index contributed by atoms with van der Waals surface area (Å²) in [4.78, 5) is 38.9. The second-order valence-corrected chi connectivity index (χ2v) is 18.1. The Balaban J connectivity index is 1.69. The summed E-state index contributed by atoms with van der Waals surface area (Å²) < 4.78 is 23.7. The Bertz CT molecular complexity index is 1770. The molecule has 0 saturated heterocycles. The summed E-state index contributed by atoms with van der Waals surface area (Å²) in [6.45, 7) is 6.93. The van der Waals surface area contributed by atoms with E-state index in [0.717, 1.165) is 63.4 Å². The fourth-order valence-corrected chi connectivity index (χ4v) is 8.06. The van der Waals surface area contributed by atoms with Gasteiger partial charge in [-0.25, -0.2) is 0 Å². The van der Waals surface area contributed by atoms with Gasteiger partial charge in [0.25, 0.3) is 0 Å². The average Bonchev–Trinajstić information content (AvgIpc) is 3.31. The molecule has 3 rings (SSSR count). The van der Waals surface area contributed by atoms with Crippen molar-refractivity contribution in [3.63, 3.8) is 0 Å². The molecule has 0 amide bonds. The van der Waals surface area contributed by atoms with Crippen molar-refractivity contribution >= 4 is 24.0 Å². The van der Waals surface area contributed by atoms with Crippen LogP contribution >= 0.6 is 0 Å². The Hall–Kier alpha value is -4.43. The van der Waals surface area contributed by atoms with Crippen molar-refractivity contribution in [1.29, 1.82) is 0 Å². The molecule has 366 valence electrons. The van der Waals surface area contributed by atoms with E-state index in [1.165, 1.54) is 116 Å². The Morgan fingerprint density at radius 1 is 0.470 bits per heavy atom. The first-order valence-corrected chi connectivity index (χ1v) is 26.3. The molecule has 0 saturated carbocycles. The van der Waals surface area contributed by atoms with Gasteiger partial charge in [-0.05, 0) is 49.1 Å². The van der Waals surface area contributed by atoms with Gasteiger partial charge in [0.05, 0.1) is 0 Å². The molecule has 0 aliphatic carbocycles. The number of rotatable bonds is 39. The van der Waals surface area contributed by atoms with Crippen molar-refractivity contribution in [1.82, 2.24) is 0 Å². The lowest BCUT2D eigenvalue weighted by Crippen LogP contribution is -2.10. The first kappa shape index (κ1) is 55.9. The maximum absolute atomic E-state index is 13.2. The minimum absolute atomic E-state index is 0.248. The molecule has 1 unspecified atom stereocenters. The van der Waals surface area contributed by atoms with Crippen LogP contribution in [0.3, 0.4) is 0 Å². The maximum Gasteiger partial charge on any atom is 0.311 e. The van der Waals surface area contributed by atoms with Gasteiger partial charge in [-0.2, -0.15) is 0 Å². The van der Waals surface area contributed by atoms with Crippen LogP contribution < -0.4 is 18.9 Å². The van der Waals surface area contributed by atoms with Crippen LogP contribution in [-0.4, -0.2) is 23.0 Å². The molecule has 0 aliphatic rings. The number of benzene rings is 3. The van der Waals surface area contributed by atoms with E-state index in [0.29, 0.717) is 41.2 Å². The second kappa shape index (κ2) is 36.7. The van der Waals surface area contributed by atoms with Crippen LogP contribution in [0, 0.1) is 0 Å². The van der Waals surface area contributed by atoms with Crippen molar-refractivity contribution in [3.8, 4) is 23.0 Å². The van der Waals surface area contributed by atoms with Gasteiger partial charge in [-0.1, -0.05) is 217 Å². The monoisotopic (exact) mass is 911 g/mol. The normalized spacial score (nSPS) is 11.8. The molecule has 0 bridgehead atoms. The van der Waals surface area contributed by atoms with Crippen molar-refractivity contribution in [3.05, 3.63) is 89.5 Å². The number of carbonyl (C=O) groups excluding carboxylic acids is 3. The van der Waals surface area contributed by atoms with E-state index in [1.54, 1.807) is 48.6 Å². The minimum Gasteiger partial charge on any atom is -0.488 e. The molecule has 0 radical (unpaired) electrons. The van der Waals surface area contributed by atoms with E-state index >= 15 is 0 Å². The molecule has 66 heavy (non-hydrogen) atoms. The van der Waals surface area contributed by atoms with Crippen LogP contribution in [0.2, 0.25) is 0 Å². The van der Waals surface area contributed by atoms with E-state index in [-0.39, 0.29) is 36.7 Å². The SMILES string of the molecule is CCCCCCCCCCCC(=O)Oc1ccc(C=CC(O)c2ccc(OC(=O)CCCCCCCCCCC)cc2OCc2ccccc2)c(OC(=O)CCCCCCCCCCC)c1. The molecule has 3 aromatic carbocycles. The second-order valence-electron chi connectivity index (χ2n) is 18.1. The molecule has 0 fully saturated rings. The van der Waals surface area contributed by atoms with Gasteiger partial charge < -0.3 is 24.1 Å². The van der Waals surface area contributed by atoms with Crippen molar-refractivity contribution in [2.75, 3.05) is 0 Å². The molecular weight excluding hydrogens is 825 g/mol. The molecular formula is C58H86O8. The van der Waals surface area contributed by atoms with Crippen molar-refractivity contribution < 1.29 is 38.4 Å². The van der Waals surface area contributed by atoms with Gasteiger partial charge in [0, 0.05) is 42.5 Å². The first-order chi connectivity index (χ1) is 32.3. The third-order valence-electron chi connectivity index (χ3n) is 12.1. The van der Waals surface area contributed by atoms with E-state index in [2.05, 4.69) is 20.8 Å². The molecule has 8 nitrogen and oxygen atoms in total. The number of aliphatic hydroxyl groups is 1. The smallest absolute Gasteiger partial charge is 0.311 e. The third-order valence-corrected chi connectivity index (χ3v) is 12.1. The number of hydrogen-bond donors (Lipinski definition) is 1. The molecule has 3 aromatic rings. The molecule has 0 spiro atoms. The predicted octanol–water partition coefficient (Wildman–Crippen LogP) is 16.5. The Morgan fingerprint density at radius 3 is 1.32 bits per heavy atom. The largest absolute Gasteiger partial charge is 0.488 e. The van der Waals surface area contributed by atoms with Crippen molar-refractivity contribution in [2.24, 2.45) is 0 Å². The standard InChI is InChI=1S/C58H86O8/c1-4-7-10-13-16-19-22-25-31-36-56(60)64-50-41-39-49(54(45-50)66-58(62)38-33-27-24-21-18-15-12-9-6-3)40-44-53(59)52-43-42-51(46-55(52)63-47-48-34-29-28-30-35-48)65-57(61)37-32-26-23-20-17-14-11-8-5-2/h28-30,34-35,39-46,53,59H,4-27,31-33,36-38,47H2,1-3H3. The summed E-state index contributed by atoms with van der Waals surface area (Å²) in [5.74, 6) is 0.323. The summed E-state index contributed by atoms with van der Waals surface area (Å²) in [7, 11) is 0. The quantitative estimate of drug-likeness (QED) is 0.0342. The fraction of sp³-hybridized carbons (Fsp3) is 0.603. The van der Waals surface area contributed by atoms with Crippen LogP contribution in [0.5, 0.6) is 23.0 Å². The van der Waals surface area contributed by atoms with Crippen LogP contribution in [0.15, 0.2) is 72.8 Å². The lowest BCUT2D eigenvalue weighted by atomic mass is 10.1. The van der Waals surface area contributed by atoms with E-state index in [1.807, 2.05) is 30.3 Å². The number of aliphatic hydroxyl groups excluding tert-OH is 1. The Labute approximate surface area is 399 Å². The number of hydrogen-bond acceptors (Lipinski definition) is 8. The average molecular weight is 911 g/mol. The fourth-order valence-electron chi connectivity index (χ4n) is 8.06. The Kier molecular flexibility index (Phi) is 31.0. The third kappa shape index (κ3) is 26.0.